The molecule has 3 heteroatoms. The van der Waals surface area contributed by atoms with Crippen molar-refractivity contribution >= 4 is 15.9 Å². The van der Waals surface area contributed by atoms with Gasteiger partial charge in [0.05, 0.1) is 6.61 Å². The Kier molecular flexibility index (Phi) is 8.93. The SMILES string of the molecule is CCCNCCCCCc1cc(Br)ccc1OCC. The topological polar surface area (TPSA) is 21.3 Å². The molecule has 0 aliphatic heterocycles. The first-order valence-electron chi connectivity index (χ1n) is 7.39. The highest BCUT2D eigenvalue weighted by atomic mass is 79.9. The molecule has 0 aromatic heterocycles. The molecule has 0 spiro atoms. The van der Waals surface area contributed by atoms with Crippen molar-refractivity contribution in [1.82, 2.24) is 5.32 Å². The summed E-state index contributed by atoms with van der Waals surface area (Å²) in [5.41, 5.74) is 1.32. The summed E-state index contributed by atoms with van der Waals surface area (Å²) in [5.74, 6) is 1.04. The Morgan fingerprint density at radius 2 is 1.95 bits per heavy atom. The van der Waals surface area contributed by atoms with Gasteiger partial charge in [0.1, 0.15) is 5.75 Å². The second kappa shape index (κ2) is 10.3. The number of hydrogen-bond donors (Lipinski definition) is 1. The number of hydrogen-bond acceptors (Lipinski definition) is 2. The highest BCUT2D eigenvalue weighted by Gasteiger charge is 2.04. The predicted molar refractivity (Wildman–Crippen MR) is 86.0 cm³/mol. The first kappa shape index (κ1) is 16.5. The summed E-state index contributed by atoms with van der Waals surface area (Å²) in [4.78, 5) is 0. The second-order valence-electron chi connectivity index (χ2n) is 4.75. The van der Waals surface area contributed by atoms with E-state index in [9.17, 15) is 0 Å². The lowest BCUT2D eigenvalue weighted by molar-refractivity contribution is 0.336. The summed E-state index contributed by atoms with van der Waals surface area (Å²) in [7, 11) is 0. The number of benzene rings is 1. The van der Waals surface area contributed by atoms with Gasteiger partial charge >= 0.3 is 0 Å². The molecular weight excluding hydrogens is 302 g/mol. The smallest absolute Gasteiger partial charge is 0.122 e. The molecule has 0 bridgehead atoms. The molecule has 2 nitrogen and oxygen atoms in total. The maximum atomic E-state index is 5.67. The van der Waals surface area contributed by atoms with Gasteiger partial charge in [-0.1, -0.05) is 29.3 Å². The van der Waals surface area contributed by atoms with Gasteiger partial charge in [-0.05, 0) is 69.5 Å². The molecule has 0 amide bonds. The summed E-state index contributed by atoms with van der Waals surface area (Å²) in [6.07, 6.45) is 6.08. The quantitative estimate of drug-likeness (QED) is 0.636. The zero-order valence-corrected chi connectivity index (χ0v) is 13.8. The standard InChI is InChI=1S/C16H26BrNO/c1-3-11-18-12-7-5-6-8-14-13-15(17)9-10-16(14)19-4-2/h9-10,13,18H,3-8,11-12H2,1-2H3. The molecule has 0 aliphatic rings. The van der Waals surface area contributed by atoms with E-state index in [1.165, 1.54) is 31.2 Å². The monoisotopic (exact) mass is 327 g/mol. The summed E-state index contributed by atoms with van der Waals surface area (Å²) < 4.78 is 6.80. The fraction of sp³-hybridized carbons (Fsp3) is 0.625. The molecule has 1 aromatic carbocycles. The number of nitrogens with one attached hydrogen (secondary N) is 1. The van der Waals surface area contributed by atoms with Gasteiger partial charge in [0, 0.05) is 4.47 Å². The van der Waals surface area contributed by atoms with E-state index < -0.39 is 0 Å². The van der Waals surface area contributed by atoms with Crippen LogP contribution in [0.3, 0.4) is 0 Å². The third-order valence-electron chi connectivity index (χ3n) is 3.05. The van der Waals surface area contributed by atoms with E-state index in [4.69, 9.17) is 4.74 Å². The predicted octanol–water partition coefficient (Wildman–Crippen LogP) is 4.56. The van der Waals surface area contributed by atoms with Gasteiger partial charge in [0.15, 0.2) is 0 Å². The van der Waals surface area contributed by atoms with Crippen LogP contribution in [-0.4, -0.2) is 19.7 Å². The normalized spacial score (nSPS) is 10.7. The molecular formula is C16H26BrNO. The van der Waals surface area contributed by atoms with Gasteiger partial charge in [-0.3, -0.25) is 0 Å². The minimum absolute atomic E-state index is 0.732. The van der Waals surface area contributed by atoms with Crippen LogP contribution in [-0.2, 0) is 6.42 Å². The average molecular weight is 328 g/mol. The van der Waals surface area contributed by atoms with Crippen molar-refractivity contribution in [2.24, 2.45) is 0 Å². The lowest BCUT2D eigenvalue weighted by atomic mass is 10.1. The molecule has 19 heavy (non-hydrogen) atoms. The molecule has 0 atom stereocenters. The van der Waals surface area contributed by atoms with Crippen molar-refractivity contribution < 1.29 is 4.74 Å². The van der Waals surface area contributed by atoms with Crippen LogP contribution in [0.25, 0.3) is 0 Å². The zero-order chi connectivity index (χ0) is 13.9. The number of rotatable bonds is 10. The Morgan fingerprint density at radius 1 is 1.11 bits per heavy atom. The highest BCUT2D eigenvalue weighted by Crippen LogP contribution is 2.25. The fourth-order valence-corrected chi connectivity index (χ4v) is 2.49. The minimum atomic E-state index is 0.732. The summed E-state index contributed by atoms with van der Waals surface area (Å²) >= 11 is 3.53. The third kappa shape index (κ3) is 6.98. The van der Waals surface area contributed by atoms with Crippen molar-refractivity contribution in [3.05, 3.63) is 28.2 Å². The summed E-state index contributed by atoms with van der Waals surface area (Å²) in [5, 5.41) is 3.44. The lowest BCUT2D eigenvalue weighted by Crippen LogP contribution is -2.15. The van der Waals surface area contributed by atoms with E-state index in [1.807, 2.05) is 13.0 Å². The Balaban J connectivity index is 2.29. The molecule has 0 fully saturated rings. The molecule has 1 aromatic rings. The van der Waals surface area contributed by atoms with E-state index in [2.05, 4.69) is 40.3 Å². The van der Waals surface area contributed by atoms with E-state index in [0.29, 0.717) is 0 Å². The number of ether oxygens (including phenoxy) is 1. The Hall–Kier alpha value is -0.540. The van der Waals surface area contributed by atoms with Crippen LogP contribution >= 0.6 is 15.9 Å². The van der Waals surface area contributed by atoms with Gasteiger partial charge in [0.2, 0.25) is 0 Å². The van der Waals surface area contributed by atoms with Gasteiger partial charge in [-0.15, -0.1) is 0 Å². The maximum absolute atomic E-state index is 5.67. The Labute approximate surface area is 126 Å². The van der Waals surface area contributed by atoms with Crippen LogP contribution in [0.1, 0.15) is 45.1 Å². The molecule has 0 saturated heterocycles. The van der Waals surface area contributed by atoms with Crippen LogP contribution in [0.15, 0.2) is 22.7 Å². The molecule has 1 rings (SSSR count). The second-order valence-corrected chi connectivity index (χ2v) is 5.66. The maximum Gasteiger partial charge on any atom is 0.122 e. The first-order valence-corrected chi connectivity index (χ1v) is 8.19. The number of aryl methyl sites for hydroxylation is 1. The fourth-order valence-electron chi connectivity index (χ4n) is 2.08. The van der Waals surface area contributed by atoms with Crippen molar-refractivity contribution in [2.75, 3.05) is 19.7 Å². The Bertz CT molecular complexity index is 355. The van der Waals surface area contributed by atoms with Crippen molar-refractivity contribution in [3.63, 3.8) is 0 Å². The van der Waals surface area contributed by atoms with Crippen LogP contribution < -0.4 is 10.1 Å². The first-order chi connectivity index (χ1) is 9.27. The van der Waals surface area contributed by atoms with Crippen LogP contribution in [0.4, 0.5) is 0 Å². The van der Waals surface area contributed by atoms with Crippen LogP contribution in [0.2, 0.25) is 0 Å². The molecule has 1 N–H and O–H groups in total. The van der Waals surface area contributed by atoms with E-state index >= 15 is 0 Å². The molecule has 0 saturated carbocycles. The molecule has 0 aliphatic carbocycles. The van der Waals surface area contributed by atoms with Crippen LogP contribution in [0.5, 0.6) is 5.75 Å². The highest BCUT2D eigenvalue weighted by molar-refractivity contribution is 9.10. The van der Waals surface area contributed by atoms with Crippen molar-refractivity contribution in [3.8, 4) is 5.75 Å². The summed E-state index contributed by atoms with van der Waals surface area (Å²) in [6.45, 7) is 7.25. The number of halogens is 1. The minimum Gasteiger partial charge on any atom is -0.494 e. The third-order valence-corrected chi connectivity index (χ3v) is 3.54. The summed E-state index contributed by atoms with van der Waals surface area (Å²) in [6, 6.07) is 6.29. The van der Waals surface area contributed by atoms with E-state index in [1.54, 1.807) is 0 Å². The molecule has 0 unspecified atom stereocenters. The lowest BCUT2D eigenvalue weighted by Gasteiger charge is -2.10. The van der Waals surface area contributed by atoms with Gasteiger partial charge < -0.3 is 10.1 Å². The van der Waals surface area contributed by atoms with Crippen molar-refractivity contribution in [1.29, 1.82) is 0 Å². The van der Waals surface area contributed by atoms with E-state index in [0.717, 1.165) is 36.3 Å². The van der Waals surface area contributed by atoms with E-state index in [-0.39, 0.29) is 0 Å². The largest absolute Gasteiger partial charge is 0.494 e. The number of unbranched alkanes of at least 4 members (excludes halogenated alkanes) is 2. The molecule has 108 valence electrons. The van der Waals surface area contributed by atoms with Gasteiger partial charge in [-0.25, -0.2) is 0 Å². The molecule has 0 heterocycles. The van der Waals surface area contributed by atoms with Gasteiger partial charge in [-0.2, -0.15) is 0 Å². The van der Waals surface area contributed by atoms with Crippen LogP contribution in [0, 0.1) is 0 Å². The molecule has 0 radical (unpaired) electrons. The van der Waals surface area contributed by atoms with Gasteiger partial charge in [0.25, 0.3) is 0 Å². The zero-order valence-electron chi connectivity index (χ0n) is 12.2. The van der Waals surface area contributed by atoms with Crippen molar-refractivity contribution in [2.45, 2.75) is 46.0 Å². The average Bonchev–Trinajstić information content (AvgIpc) is 2.41. The Morgan fingerprint density at radius 3 is 2.68 bits per heavy atom.